The van der Waals surface area contributed by atoms with Crippen molar-refractivity contribution in [2.75, 3.05) is 0 Å². The second-order valence-corrected chi connectivity index (χ2v) is 11.7. The molecule has 0 aromatic heterocycles. The summed E-state index contributed by atoms with van der Waals surface area (Å²) in [5, 5.41) is 0. The summed E-state index contributed by atoms with van der Waals surface area (Å²) in [4.78, 5) is 62.6. The van der Waals surface area contributed by atoms with Crippen molar-refractivity contribution in [3.8, 4) is 0 Å². The van der Waals surface area contributed by atoms with Crippen LogP contribution < -0.4 is 0 Å². The van der Waals surface area contributed by atoms with Crippen LogP contribution in [0.15, 0.2) is 11.6 Å². The van der Waals surface area contributed by atoms with E-state index >= 15 is 0 Å². The van der Waals surface area contributed by atoms with Gasteiger partial charge in [-0.15, -0.1) is 0 Å². The van der Waals surface area contributed by atoms with Gasteiger partial charge in [0.05, 0.1) is 0 Å². The predicted molar refractivity (Wildman–Crippen MR) is 133 cm³/mol. The van der Waals surface area contributed by atoms with Crippen molar-refractivity contribution in [2.45, 2.75) is 116 Å². The molecule has 4 rings (SSSR count). The molecule has 4 aliphatic rings. The van der Waals surface area contributed by atoms with Gasteiger partial charge in [-0.2, -0.15) is 0 Å². The Hall–Kier alpha value is -2.95. The van der Waals surface area contributed by atoms with Gasteiger partial charge in [0.2, 0.25) is 0 Å². The number of allylic oxidation sites excluding steroid dienone is 1. The van der Waals surface area contributed by atoms with Gasteiger partial charge in [-0.3, -0.25) is 19.2 Å². The molecular weight excluding hydrogens is 512 g/mol. The molecule has 0 bridgehead atoms. The second-order valence-electron chi connectivity index (χ2n) is 11.7. The normalized spacial score (nSPS) is 44.2. The Morgan fingerprint density at radius 3 is 2.00 bits per heavy atom. The first-order valence-corrected chi connectivity index (χ1v) is 13.3. The third-order valence-electron chi connectivity index (χ3n) is 9.04. The number of carbonyl (C=O) groups is 5. The highest BCUT2D eigenvalue weighted by Crippen LogP contribution is 2.66. The lowest BCUT2D eigenvalue weighted by molar-refractivity contribution is -0.235. The maximum absolute atomic E-state index is 13.1. The van der Waals surface area contributed by atoms with Crippen molar-refractivity contribution in [1.82, 2.24) is 0 Å². The van der Waals surface area contributed by atoms with Crippen molar-refractivity contribution < 1.29 is 52.4 Å². The average Bonchev–Trinajstić information content (AvgIpc) is 3.39. The summed E-state index contributed by atoms with van der Waals surface area (Å²) < 4.78 is 35.5. The second kappa shape index (κ2) is 9.91. The Kier molecular flexibility index (Phi) is 7.38. The molecule has 216 valence electrons. The van der Waals surface area contributed by atoms with Crippen LogP contribution in [0.1, 0.15) is 74.7 Å². The molecule has 2 aliphatic heterocycles. The van der Waals surface area contributed by atoms with E-state index in [4.69, 9.17) is 28.4 Å². The fraction of sp³-hybridized carbons (Fsp3) is 0.750. The molecule has 3 fully saturated rings. The molecule has 0 unspecified atom stereocenters. The molecule has 2 saturated heterocycles. The Labute approximate surface area is 227 Å². The van der Waals surface area contributed by atoms with Gasteiger partial charge < -0.3 is 28.4 Å². The van der Waals surface area contributed by atoms with Gasteiger partial charge in [-0.05, 0) is 32.8 Å². The molecule has 11 nitrogen and oxygen atoms in total. The minimum absolute atomic E-state index is 0.136. The van der Waals surface area contributed by atoms with Gasteiger partial charge in [0, 0.05) is 51.4 Å². The molecule has 0 N–H and O–H groups in total. The standard InChI is InChI=1S/C28H38O11/c1-13-9-10-20(35-16(4)30)26(7)21(36-17(5)31)12-19(34-15(3)29)14(2)23(26)24(37-18(6)32)28-22(11-13)38-25(33)27(28,8)39-28/h11,14,19-24H,9-10,12H2,1-8H3/b13-11-/t14-,19-,20-,21-,22-,23+,24+,26-,27-,28-/m0/s1. The first-order chi connectivity index (χ1) is 18.1. The summed E-state index contributed by atoms with van der Waals surface area (Å²) in [6.45, 7) is 12.3. The van der Waals surface area contributed by atoms with Crippen molar-refractivity contribution >= 4 is 29.8 Å². The van der Waals surface area contributed by atoms with Crippen LogP contribution in [0.2, 0.25) is 0 Å². The smallest absolute Gasteiger partial charge is 0.342 e. The summed E-state index contributed by atoms with van der Waals surface area (Å²) in [5.74, 6) is -4.10. The molecule has 11 heteroatoms. The average molecular weight is 551 g/mol. The van der Waals surface area contributed by atoms with Gasteiger partial charge in [0.25, 0.3) is 0 Å². The van der Waals surface area contributed by atoms with Gasteiger partial charge >= 0.3 is 29.8 Å². The Bertz CT molecular complexity index is 1110. The topological polar surface area (TPSA) is 144 Å². The molecule has 0 amide bonds. The number of ether oxygens (including phenoxy) is 6. The van der Waals surface area contributed by atoms with Crippen molar-refractivity contribution in [2.24, 2.45) is 17.3 Å². The summed E-state index contributed by atoms with van der Waals surface area (Å²) in [6, 6.07) is 0. The van der Waals surface area contributed by atoms with Crippen molar-refractivity contribution in [3.63, 3.8) is 0 Å². The van der Waals surface area contributed by atoms with Crippen LogP contribution in [-0.4, -0.2) is 71.6 Å². The molecule has 0 radical (unpaired) electrons. The molecule has 10 atom stereocenters. The molecule has 1 spiro atoms. The maximum atomic E-state index is 13.1. The van der Waals surface area contributed by atoms with Crippen LogP contribution in [0.25, 0.3) is 0 Å². The minimum atomic E-state index is -1.41. The highest BCUT2D eigenvalue weighted by molar-refractivity contribution is 5.89. The fourth-order valence-electron chi connectivity index (χ4n) is 7.27. The highest BCUT2D eigenvalue weighted by atomic mass is 16.7. The monoisotopic (exact) mass is 550 g/mol. The molecular formula is C28H38O11. The number of esters is 5. The van der Waals surface area contributed by atoms with E-state index in [1.54, 1.807) is 13.0 Å². The summed E-state index contributed by atoms with van der Waals surface area (Å²) in [5.41, 5.74) is -3.09. The van der Waals surface area contributed by atoms with Crippen molar-refractivity contribution in [3.05, 3.63) is 11.6 Å². The lowest BCUT2D eigenvalue weighted by Crippen LogP contribution is -2.66. The third-order valence-corrected chi connectivity index (χ3v) is 9.04. The van der Waals surface area contributed by atoms with E-state index < -0.39 is 88.8 Å². The molecule has 2 heterocycles. The SMILES string of the molecule is CC(=O)O[C@H]1C[C@H](OC(C)=O)[C@@]2(C)[C@H]([C@H]1C)[C@@H](OC(C)=O)[C@]13O[C@@]1(C)C(=O)O[C@H]3/C=C(/C)CC[C@@H]2OC(C)=O. The largest absolute Gasteiger partial charge is 0.462 e. The van der Waals surface area contributed by atoms with E-state index in [-0.39, 0.29) is 6.42 Å². The number of rotatable bonds is 4. The third kappa shape index (κ3) is 4.62. The number of hydrogen-bond acceptors (Lipinski definition) is 11. The quantitative estimate of drug-likeness (QED) is 0.220. The Morgan fingerprint density at radius 1 is 0.897 bits per heavy atom. The van der Waals surface area contributed by atoms with Crippen molar-refractivity contribution in [1.29, 1.82) is 0 Å². The first kappa shape index (κ1) is 29.0. The first-order valence-electron chi connectivity index (χ1n) is 13.3. The Balaban J connectivity index is 2.01. The van der Waals surface area contributed by atoms with E-state index in [1.807, 2.05) is 20.8 Å². The molecule has 39 heavy (non-hydrogen) atoms. The summed E-state index contributed by atoms with van der Waals surface area (Å²) in [6.07, 6.45) is -1.64. The minimum Gasteiger partial charge on any atom is -0.462 e. The van der Waals surface area contributed by atoms with Crippen LogP contribution >= 0.6 is 0 Å². The lowest BCUT2D eigenvalue weighted by atomic mass is 9.53. The number of carbonyl (C=O) groups excluding carboxylic acids is 5. The highest BCUT2D eigenvalue weighted by Gasteiger charge is 2.87. The van der Waals surface area contributed by atoms with E-state index in [0.717, 1.165) is 5.57 Å². The zero-order valence-corrected chi connectivity index (χ0v) is 23.7. The zero-order valence-electron chi connectivity index (χ0n) is 23.7. The zero-order chi connectivity index (χ0) is 29.1. The number of fused-ring (bicyclic) bond motifs is 1. The molecule has 1 saturated carbocycles. The van der Waals surface area contributed by atoms with Gasteiger partial charge in [-0.25, -0.2) is 4.79 Å². The van der Waals surface area contributed by atoms with Crippen LogP contribution in [-0.2, 0) is 52.4 Å². The van der Waals surface area contributed by atoms with E-state index in [0.29, 0.717) is 12.8 Å². The molecule has 0 aromatic carbocycles. The summed E-state index contributed by atoms with van der Waals surface area (Å²) in [7, 11) is 0. The molecule has 0 aromatic rings. The van der Waals surface area contributed by atoms with E-state index in [2.05, 4.69) is 0 Å². The van der Waals surface area contributed by atoms with Gasteiger partial charge in [-0.1, -0.05) is 19.4 Å². The lowest BCUT2D eigenvalue weighted by Gasteiger charge is -2.57. The number of hydrogen-bond donors (Lipinski definition) is 0. The van der Waals surface area contributed by atoms with Crippen LogP contribution in [0.4, 0.5) is 0 Å². The number of epoxide rings is 1. The van der Waals surface area contributed by atoms with Gasteiger partial charge in [0.15, 0.2) is 17.3 Å². The van der Waals surface area contributed by atoms with E-state index in [9.17, 15) is 24.0 Å². The Morgan fingerprint density at radius 2 is 1.46 bits per heavy atom. The maximum Gasteiger partial charge on any atom is 0.342 e. The van der Waals surface area contributed by atoms with Crippen LogP contribution in [0.5, 0.6) is 0 Å². The van der Waals surface area contributed by atoms with Crippen LogP contribution in [0.3, 0.4) is 0 Å². The van der Waals surface area contributed by atoms with Crippen LogP contribution in [0, 0.1) is 17.3 Å². The van der Waals surface area contributed by atoms with E-state index in [1.165, 1.54) is 27.7 Å². The predicted octanol–water partition coefficient (Wildman–Crippen LogP) is 2.57. The summed E-state index contributed by atoms with van der Waals surface area (Å²) >= 11 is 0. The molecule has 2 aliphatic carbocycles. The fourth-order valence-corrected chi connectivity index (χ4v) is 7.27. The van der Waals surface area contributed by atoms with Gasteiger partial charge in [0.1, 0.15) is 24.4 Å².